The third-order valence-electron chi connectivity index (χ3n) is 7.64. The molecule has 2 aromatic carbocycles. The minimum absolute atomic E-state index is 0.145. The maximum Gasteiger partial charge on any atom is 0.237 e. The first-order valence-electron chi connectivity index (χ1n) is 12.7. The average Bonchev–Trinajstić information content (AvgIpc) is 3.29. The molecule has 1 unspecified atom stereocenters. The fraction of sp³-hybridized carbons (Fsp3) is 0.536. The van der Waals surface area contributed by atoms with Gasteiger partial charge in [0.1, 0.15) is 12.0 Å². The summed E-state index contributed by atoms with van der Waals surface area (Å²) in [7, 11) is 0. The SMILES string of the molecule is Cc1cccc([C@H]2[C@H](C(=O)NCC[C@H](O)CO)N[C@H](CC(C)(C)C)[C@@]23c2ccc(Cl)cc2NC3O)c1F. The first kappa shape index (κ1) is 27.8. The van der Waals surface area contributed by atoms with Crippen LogP contribution in [0, 0.1) is 18.2 Å². The molecule has 0 radical (unpaired) electrons. The Bertz CT molecular complexity index is 1160. The highest BCUT2D eigenvalue weighted by molar-refractivity contribution is 6.30. The fourth-order valence-electron chi connectivity index (χ4n) is 6.06. The summed E-state index contributed by atoms with van der Waals surface area (Å²) in [5.74, 6) is -1.53. The molecule has 0 aromatic heterocycles. The molecule has 6 N–H and O–H groups in total. The lowest BCUT2D eigenvalue weighted by atomic mass is 9.62. The molecule has 6 atom stereocenters. The standard InChI is InChI=1S/C28H37ClFN3O4/c1-15-6-5-7-18(23(15)30)22-24(25(36)31-11-10-17(35)14-34)33-21(13-27(2,3)4)28(22)19-9-8-16(29)12-20(19)32-26(28)37/h5-9,12,17,21-22,24,26,32-35,37H,10-11,13-14H2,1-4H3,(H,31,36)/t17-,21+,22-,24+,26?,28-/m0/s1. The smallest absolute Gasteiger partial charge is 0.237 e. The van der Waals surface area contributed by atoms with Crippen molar-refractivity contribution in [1.82, 2.24) is 10.6 Å². The second kappa shape index (κ2) is 10.5. The van der Waals surface area contributed by atoms with Crippen molar-refractivity contribution in [3.8, 4) is 0 Å². The van der Waals surface area contributed by atoms with Crippen LogP contribution in [0.1, 0.15) is 56.2 Å². The van der Waals surface area contributed by atoms with E-state index in [4.69, 9.17) is 16.7 Å². The van der Waals surface area contributed by atoms with Crippen LogP contribution in [0.2, 0.25) is 5.02 Å². The largest absolute Gasteiger partial charge is 0.394 e. The van der Waals surface area contributed by atoms with E-state index in [0.29, 0.717) is 28.3 Å². The summed E-state index contributed by atoms with van der Waals surface area (Å²) in [4.78, 5) is 13.7. The second-order valence-electron chi connectivity index (χ2n) is 11.5. The quantitative estimate of drug-likeness (QED) is 0.326. The zero-order chi connectivity index (χ0) is 27.1. The maximum atomic E-state index is 15.8. The van der Waals surface area contributed by atoms with Gasteiger partial charge in [-0.15, -0.1) is 0 Å². The third-order valence-corrected chi connectivity index (χ3v) is 7.88. The van der Waals surface area contributed by atoms with E-state index in [1.807, 2.05) is 6.07 Å². The molecule has 37 heavy (non-hydrogen) atoms. The Hall–Kier alpha value is -2.23. The predicted octanol–water partition coefficient (Wildman–Crippen LogP) is 3.19. The summed E-state index contributed by atoms with van der Waals surface area (Å²) >= 11 is 6.28. The van der Waals surface area contributed by atoms with Gasteiger partial charge in [-0.05, 0) is 54.0 Å². The number of rotatable bonds is 7. The number of halogens is 2. The molecule has 9 heteroatoms. The number of carbonyl (C=O) groups is 1. The van der Waals surface area contributed by atoms with Crippen LogP contribution in [0.4, 0.5) is 10.1 Å². The van der Waals surface area contributed by atoms with Crippen molar-refractivity contribution in [2.75, 3.05) is 18.5 Å². The second-order valence-corrected chi connectivity index (χ2v) is 11.9. The summed E-state index contributed by atoms with van der Waals surface area (Å²) in [6.07, 6.45) is -1.27. The van der Waals surface area contributed by atoms with Gasteiger partial charge in [-0.1, -0.05) is 56.6 Å². The van der Waals surface area contributed by atoms with Crippen LogP contribution < -0.4 is 16.0 Å². The zero-order valence-electron chi connectivity index (χ0n) is 21.7. The number of hydrogen-bond donors (Lipinski definition) is 6. The van der Waals surface area contributed by atoms with E-state index < -0.39 is 42.1 Å². The van der Waals surface area contributed by atoms with E-state index in [-0.39, 0.29) is 30.3 Å². The normalized spacial score (nSPS) is 27.7. The van der Waals surface area contributed by atoms with Crippen LogP contribution in [0.25, 0.3) is 0 Å². The molecule has 2 aromatic rings. The molecule has 202 valence electrons. The van der Waals surface area contributed by atoms with Gasteiger partial charge in [0.15, 0.2) is 0 Å². The molecule has 4 rings (SSSR count). The zero-order valence-corrected chi connectivity index (χ0v) is 22.4. The lowest BCUT2D eigenvalue weighted by Crippen LogP contribution is -2.52. The molecule has 2 heterocycles. The van der Waals surface area contributed by atoms with Gasteiger partial charge in [0.2, 0.25) is 5.91 Å². The van der Waals surface area contributed by atoms with E-state index in [9.17, 15) is 15.0 Å². The summed E-state index contributed by atoms with van der Waals surface area (Å²) in [5.41, 5.74) is 0.992. The highest BCUT2D eigenvalue weighted by atomic mass is 35.5. The summed E-state index contributed by atoms with van der Waals surface area (Å²) in [5, 5.41) is 40.6. The van der Waals surface area contributed by atoms with Crippen LogP contribution in [0.3, 0.4) is 0 Å². The van der Waals surface area contributed by atoms with Crippen molar-refractivity contribution in [3.05, 3.63) is 63.9 Å². The van der Waals surface area contributed by atoms with Crippen molar-refractivity contribution in [2.45, 2.75) is 76.3 Å². The predicted molar refractivity (Wildman–Crippen MR) is 142 cm³/mol. The van der Waals surface area contributed by atoms with Gasteiger partial charge in [-0.2, -0.15) is 0 Å². The van der Waals surface area contributed by atoms with Gasteiger partial charge in [-0.3, -0.25) is 4.79 Å². The lowest BCUT2D eigenvalue weighted by molar-refractivity contribution is -0.123. The topological polar surface area (TPSA) is 114 Å². The lowest BCUT2D eigenvalue weighted by Gasteiger charge is -2.41. The molecule has 1 saturated heterocycles. The highest BCUT2D eigenvalue weighted by Gasteiger charge is 2.65. The number of nitrogens with one attached hydrogen (secondary N) is 3. The maximum absolute atomic E-state index is 15.8. The fourth-order valence-corrected chi connectivity index (χ4v) is 6.24. The number of aliphatic hydroxyl groups is 3. The Kier molecular flexibility index (Phi) is 7.89. The van der Waals surface area contributed by atoms with Crippen molar-refractivity contribution < 1.29 is 24.5 Å². The van der Waals surface area contributed by atoms with Crippen molar-refractivity contribution in [3.63, 3.8) is 0 Å². The van der Waals surface area contributed by atoms with E-state index in [1.165, 1.54) is 0 Å². The van der Waals surface area contributed by atoms with Gasteiger partial charge in [-0.25, -0.2) is 4.39 Å². The number of fused-ring (bicyclic) bond motifs is 2. The van der Waals surface area contributed by atoms with E-state index >= 15 is 4.39 Å². The summed E-state index contributed by atoms with van der Waals surface area (Å²) in [6, 6.07) is 9.24. The van der Waals surface area contributed by atoms with Gasteiger partial charge in [0.25, 0.3) is 0 Å². The molecule has 7 nitrogen and oxygen atoms in total. The number of amides is 1. The molecule has 2 aliphatic heterocycles. The van der Waals surface area contributed by atoms with Crippen LogP contribution in [0.5, 0.6) is 0 Å². The van der Waals surface area contributed by atoms with Crippen molar-refractivity contribution >= 4 is 23.2 Å². The van der Waals surface area contributed by atoms with Crippen LogP contribution in [0.15, 0.2) is 36.4 Å². The number of aryl methyl sites for hydroxylation is 1. The Labute approximate surface area is 222 Å². The number of aliphatic hydroxyl groups excluding tert-OH is 3. The molecule has 0 aliphatic carbocycles. The first-order chi connectivity index (χ1) is 17.4. The molecular formula is C28H37ClFN3O4. The van der Waals surface area contributed by atoms with Crippen LogP contribution >= 0.6 is 11.6 Å². The average molecular weight is 534 g/mol. The molecule has 0 bridgehead atoms. The van der Waals surface area contributed by atoms with Crippen molar-refractivity contribution in [1.29, 1.82) is 0 Å². The molecule has 0 saturated carbocycles. The van der Waals surface area contributed by atoms with Crippen LogP contribution in [-0.4, -0.2) is 58.8 Å². The van der Waals surface area contributed by atoms with E-state index in [0.717, 1.165) is 5.56 Å². The monoisotopic (exact) mass is 533 g/mol. The Balaban J connectivity index is 1.89. The minimum Gasteiger partial charge on any atom is -0.394 e. The molecule has 1 fully saturated rings. The summed E-state index contributed by atoms with van der Waals surface area (Å²) in [6.45, 7) is 7.70. The number of benzene rings is 2. The minimum atomic E-state index is -1.11. The Morgan fingerprint density at radius 3 is 2.68 bits per heavy atom. The van der Waals surface area contributed by atoms with Gasteiger partial charge < -0.3 is 31.3 Å². The van der Waals surface area contributed by atoms with E-state index in [1.54, 1.807) is 37.3 Å². The molecule has 2 aliphatic rings. The number of carbonyl (C=O) groups excluding carboxylic acids is 1. The number of hydrogen-bond acceptors (Lipinski definition) is 6. The van der Waals surface area contributed by atoms with Crippen LogP contribution in [-0.2, 0) is 10.2 Å². The van der Waals surface area contributed by atoms with Crippen molar-refractivity contribution in [2.24, 2.45) is 5.41 Å². The molecule has 1 amide bonds. The van der Waals surface area contributed by atoms with E-state index in [2.05, 4.69) is 36.7 Å². The first-order valence-corrected chi connectivity index (χ1v) is 13.1. The highest BCUT2D eigenvalue weighted by Crippen LogP contribution is 2.58. The molecular weight excluding hydrogens is 497 g/mol. The molecule has 1 spiro atoms. The van der Waals surface area contributed by atoms with Gasteiger partial charge in [0.05, 0.1) is 24.2 Å². The Morgan fingerprint density at radius 1 is 1.27 bits per heavy atom. The van der Waals surface area contributed by atoms with Gasteiger partial charge in [0, 0.05) is 29.2 Å². The van der Waals surface area contributed by atoms with Gasteiger partial charge >= 0.3 is 0 Å². The Morgan fingerprint density at radius 2 is 2.00 bits per heavy atom. The number of anilines is 1. The third kappa shape index (κ3) is 5.10. The summed E-state index contributed by atoms with van der Waals surface area (Å²) < 4.78 is 15.8.